The lowest BCUT2D eigenvalue weighted by Gasteiger charge is -2.34. The highest BCUT2D eigenvalue weighted by molar-refractivity contribution is 9.10. The highest BCUT2D eigenvalue weighted by Gasteiger charge is 2.51. The Hall–Kier alpha value is -1.69. The Morgan fingerprint density at radius 1 is 1.14 bits per heavy atom. The summed E-state index contributed by atoms with van der Waals surface area (Å²) in [6, 6.07) is 2.52. The summed E-state index contributed by atoms with van der Waals surface area (Å²) in [4.78, 5) is 8.45. The second-order valence-corrected chi connectivity index (χ2v) is 10.5. The van der Waals surface area contributed by atoms with Gasteiger partial charge in [0, 0.05) is 11.6 Å². The minimum absolute atomic E-state index is 0.0782. The molecular formula is C23H24BrF3N2. The van der Waals surface area contributed by atoms with E-state index < -0.39 is 11.9 Å². The Morgan fingerprint density at radius 3 is 2.48 bits per heavy atom. The van der Waals surface area contributed by atoms with Gasteiger partial charge >= 0.3 is 6.18 Å². The van der Waals surface area contributed by atoms with Gasteiger partial charge in [0.05, 0.1) is 15.7 Å². The third-order valence-electron chi connectivity index (χ3n) is 6.38. The molecule has 2 aliphatic carbocycles. The van der Waals surface area contributed by atoms with Crippen molar-refractivity contribution in [2.75, 3.05) is 0 Å². The Labute approximate surface area is 177 Å². The third-order valence-corrected chi connectivity index (χ3v) is 6.96. The van der Waals surface area contributed by atoms with E-state index in [0.717, 1.165) is 18.1 Å². The lowest BCUT2D eigenvalue weighted by atomic mass is 9.70. The highest BCUT2D eigenvalue weighted by Crippen LogP contribution is 2.61. The summed E-state index contributed by atoms with van der Waals surface area (Å²) in [5.41, 5.74) is 2.72. The van der Waals surface area contributed by atoms with Crippen LogP contribution in [0, 0.1) is 22.7 Å². The molecule has 2 aromatic heterocycles. The third kappa shape index (κ3) is 3.33. The summed E-state index contributed by atoms with van der Waals surface area (Å²) in [6.45, 7) is 11.4. The molecule has 0 saturated heterocycles. The van der Waals surface area contributed by atoms with Gasteiger partial charge in [0.15, 0.2) is 0 Å². The van der Waals surface area contributed by atoms with E-state index in [1.165, 1.54) is 11.6 Å². The number of aromatic nitrogens is 2. The number of rotatable bonds is 1. The minimum atomic E-state index is -4.48. The van der Waals surface area contributed by atoms with Gasteiger partial charge in [-0.25, -0.2) is 4.98 Å². The molecule has 2 atom stereocenters. The van der Waals surface area contributed by atoms with Crippen molar-refractivity contribution in [2.24, 2.45) is 22.7 Å². The molecule has 2 nitrogen and oxygen atoms in total. The van der Waals surface area contributed by atoms with E-state index in [4.69, 9.17) is 0 Å². The van der Waals surface area contributed by atoms with Gasteiger partial charge in [0.25, 0.3) is 0 Å². The maximum absolute atomic E-state index is 13.1. The number of alkyl halides is 3. The molecule has 1 saturated carbocycles. The van der Waals surface area contributed by atoms with Crippen molar-refractivity contribution in [1.29, 1.82) is 0 Å². The zero-order chi connectivity index (χ0) is 21.4. The number of hydrogen-bond donors (Lipinski definition) is 0. The number of nitrogens with zero attached hydrogens (tertiary/aromatic N) is 2. The van der Waals surface area contributed by atoms with Gasteiger partial charge in [-0.2, -0.15) is 13.2 Å². The standard InChI is InChI=1S/C23H24BrF3N2/c1-12-8-13(9-15-18(12)22(4,5)11-21(15,2)3)19-14-6-7-17(23(25,26)27)29-20(14)16(24)10-28-19/h6-10,12,18H,11H2,1-5H3. The fourth-order valence-electron chi connectivity index (χ4n) is 5.69. The maximum Gasteiger partial charge on any atom is 0.433 e. The fraction of sp³-hybridized carbons (Fsp3) is 0.478. The van der Waals surface area contributed by atoms with Crippen LogP contribution in [0.2, 0.25) is 0 Å². The van der Waals surface area contributed by atoms with Crippen LogP contribution in [0.5, 0.6) is 0 Å². The molecule has 1 fully saturated rings. The molecule has 0 bridgehead atoms. The predicted octanol–water partition coefficient (Wildman–Crippen LogP) is 7.44. The molecule has 0 N–H and O–H groups in total. The number of halogens is 4. The van der Waals surface area contributed by atoms with Gasteiger partial charge in [-0.05, 0) is 62.7 Å². The van der Waals surface area contributed by atoms with E-state index in [2.05, 4.69) is 72.7 Å². The first-order valence-corrected chi connectivity index (χ1v) is 10.6. The van der Waals surface area contributed by atoms with Crippen LogP contribution in [-0.4, -0.2) is 9.97 Å². The molecule has 29 heavy (non-hydrogen) atoms. The first-order chi connectivity index (χ1) is 13.3. The average Bonchev–Trinajstić information content (AvgIpc) is 2.78. The first kappa shape index (κ1) is 20.6. The van der Waals surface area contributed by atoms with E-state index in [-0.39, 0.29) is 16.3 Å². The summed E-state index contributed by atoms with van der Waals surface area (Å²) in [6.07, 6.45) is 2.60. The zero-order valence-corrected chi connectivity index (χ0v) is 18.7. The monoisotopic (exact) mass is 464 g/mol. The van der Waals surface area contributed by atoms with E-state index in [0.29, 0.717) is 27.4 Å². The number of fused-ring (bicyclic) bond motifs is 2. The molecule has 0 aliphatic heterocycles. The molecule has 2 unspecified atom stereocenters. The van der Waals surface area contributed by atoms with E-state index >= 15 is 0 Å². The molecule has 2 heterocycles. The predicted molar refractivity (Wildman–Crippen MR) is 113 cm³/mol. The normalized spacial score (nSPS) is 25.6. The molecule has 2 aromatic rings. The van der Waals surface area contributed by atoms with Gasteiger partial charge in [-0.3, -0.25) is 4.98 Å². The molecule has 154 valence electrons. The van der Waals surface area contributed by atoms with Gasteiger partial charge in [0.2, 0.25) is 0 Å². The van der Waals surface area contributed by atoms with Crippen molar-refractivity contribution in [3.8, 4) is 0 Å². The van der Waals surface area contributed by atoms with Gasteiger partial charge in [-0.1, -0.05) is 52.3 Å². The molecule has 0 aromatic carbocycles. The molecule has 2 aliphatic rings. The van der Waals surface area contributed by atoms with Crippen molar-refractivity contribution in [3.63, 3.8) is 0 Å². The smallest absolute Gasteiger partial charge is 0.254 e. The van der Waals surface area contributed by atoms with E-state index in [9.17, 15) is 13.2 Å². The number of hydrogen-bond acceptors (Lipinski definition) is 2. The largest absolute Gasteiger partial charge is 0.433 e. The van der Waals surface area contributed by atoms with Crippen LogP contribution in [0.15, 0.2) is 40.5 Å². The van der Waals surface area contributed by atoms with Crippen LogP contribution < -0.4 is 0 Å². The van der Waals surface area contributed by atoms with Gasteiger partial charge in [-0.15, -0.1) is 0 Å². The topological polar surface area (TPSA) is 25.8 Å². The van der Waals surface area contributed by atoms with Crippen LogP contribution in [-0.2, 0) is 6.18 Å². The molecule has 0 radical (unpaired) electrons. The quantitative estimate of drug-likeness (QED) is 0.437. The Morgan fingerprint density at radius 2 is 1.83 bits per heavy atom. The van der Waals surface area contributed by atoms with Crippen molar-refractivity contribution in [2.45, 2.75) is 47.2 Å². The Kier molecular flexibility index (Phi) is 4.54. The molecule has 4 rings (SSSR count). The molecule has 6 heteroatoms. The number of pyridine rings is 2. The van der Waals surface area contributed by atoms with Crippen LogP contribution in [0.25, 0.3) is 16.5 Å². The zero-order valence-electron chi connectivity index (χ0n) is 17.2. The Balaban J connectivity index is 1.89. The fourth-order valence-corrected chi connectivity index (χ4v) is 6.09. The highest BCUT2D eigenvalue weighted by atomic mass is 79.9. The van der Waals surface area contributed by atoms with Crippen molar-refractivity contribution in [3.05, 3.63) is 51.9 Å². The Bertz CT molecular complexity index is 1060. The SMILES string of the molecule is CC1C=C(c2ncc(Br)c3nc(C(F)(F)F)ccc23)C=C2C1C(C)(C)CC2(C)C. The summed E-state index contributed by atoms with van der Waals surface area (Å²) >= 11 is 3.32. The van der Waals surface area contributed by atoms with Crippen LogP contribution in [0.4, 0.5) is 13.2 Å². The maximum atomic E-state index is 13.1. The second-order valence-electron chi connectivity index (χ2n) is 9.65. The molecule has 0 amide bonds. The van der Waals surface area contributed by atoms with Crippen molar-refractivity contribution >= 4 is 32.4 Å². The summed E-state index contributed by atoms with van der Waals surface area (Å²) in [5, 5.41) is 0.621. The van der Waals surface area contributed by atoms with Gasteiger partial charge < -0.3 is 0 Å². The first-order valence-electron chi connectivity index (χ1n) is 9.78. The van der Waals surface area contributed by atoms with Crippen LogP contribution in [0.1, 0.15) is 52.4 Å². The average molecular weight is 465 g/mol. The van der Waals surface area contributed by atoms with Crippen LogP contribution >= 0.6 is 15.9 Å². The lowest BCUT2D eigenvalue weighted by Crippen LogP contribution is -2.26. The van der Waals surface area contributed by atoms with Crippen molar-refractivity contribution < 1.29 is 13.2 Å². The lowest BCUT2D eigenvalue weighted by molar-refractivity contribution is -0.140. The number of allylic oxidation sites excluding steroid dienone is 4. The van der Waals surface area contributed by atoms with Gasteiger partial charge in [0.1, 0.15) is 5.69 Å². The summed E-state index contributed by atoms with van der Waals surface area (Å²) < 4.78 is 39.9. The molecular weight excluding hydrogens is 441 g/mol. The summed E-state index contributed by atoms with van der Waals surface area (Å²) in [5.74, 6) is 0.780. The van der Waals surface area contributed by atoms with Crippen molar-refractivity contribution in [1.82, 2.24) is 9.97 Å². The van der Waals surface area contributed by atoms with E-state index in [1.807, 2.05) is 0 Å². The second kappa shape index (κ2) is 6.40. The van der Waals surface area contributed by atoms with Crippen LogP contribution in [0.3, 0.4) is 0 Å². The minimum Gasteiger partial charge on any atom is -0.254 e. The molecule has 0 spiro atoms. The van der Waals surface area contributed by atoms with E-state index in [1.54, 1.807) is 6.20 Å². The summed E-state index contributed by atoms with van der Waals surface area (Å²) in [7, 11) is 0.